The summed E-state index contributed by atoms with van der Waals surface area (Å²) >= 11 is 1.40. The number of hydrogen-bond donors (Lipinski definition) is 0. The second-order valence-electron chi connectivity index (χ2n) is 7.48. The number of thioether (sulfide) groups is 1. The fourth-order valence-corrected chi connectivity index (χ4v) is 4.47. The molecule has 8 nitrogen and oxygen atoms in total. The number of carbonyl (C=O) groups excluding carboxylic acids is 1. The highest BCUT2D eigenvalue weighted by Gasteiger charge is 2.28. The van der Waals surface area contributed by atoms with Crippen LogP contribution in [0.1, 0.15) is 18.9 Å². The summed E-state index contributed by atoms with van der Waals surface area (Å²) in [5.41, 5.74) is 1.98. The zero-order chi connectivity index (χ0) is 22.5. The number of nitro benzene ring substituents is 1. The van der Waals surface area contributed by atoms with Crippen molar-refractivity contribution in [2.75, 3.05) is 37.7 Å². The summed E-state index contributed by atoms with van der Waals surface area (Å²) in [5, 5.41) is 11.6. The molecule has 1 saturated heterocycles. The van der Waals surface area contributed by atoms with Gasteiger partial charge in [0.2, 0.25) is 0 Å². The average Bonchev–Trinajstić information content (AvgIpc) is 3.19. The van der Waals surface area contributed by atoms with E-state index >= 15 is 0 Å². The van der Waals surface area contributed by atoms with Crippen molar-refractivity contribution < 1.29 is 14.5 Å². The molecule has 9 heteroatoms. The molecular weight excluding hydrogens is 428 g/mol. The van der Waals surface area contributed by atoms with Gasteiger partial charge < -0.3 is 14.5 Å². The zero-order valence-electron chi connectivity index (χ0n) is 17.8. The van der Waals surface area contributed by atoms with E-state index < -0.39 is 4.92 Å². The van der Waals surface area contributed by atoms with Crippen LogP contribution in [0.5, 0.6) is 5.75 Å². The molecule has 2 heterocycles. The highest BCUT2D eigenvalue weighted by molar-refractivity contribution is 8.18. The lowest BCUT2D eigenvalue weighted by atomic mass is 10.2. The quantitative estimate of drug-likeness (QED) is 0.369. The van der Waals surface area contributed by atoms with E-state index in [4.69, 9.17) is 4.74 Å². The number of rotatable bonds is 6. The van der Waals surface area contributed by atoms with Gasteiger partial charge in [0.25, 0.3) is 11.6 Å². The number of non-ortho nitro benzene ring substituents is 1. The third kappa shape index (κ3) is 5.11. The van der Waals surface area contributed by atoms with Crippen molar-refractivity contribution >= 4 is 40.3 Å². The first-order valence-corrected chi connectivity index (χ1v) is 11.3. The summed E-state index contributed by atoms with van der Waals surface area (Å²) in [4.78, 5) is 32.0. The van der Waals surface area contributed by atoms with E-state index in [1.165, 1.54) is 23.9 Å². The number of amidine groups is 1. The Morgan fingerprint density at radius 3 is 2.34 bits per heavy atom. The van der Waals surface area contributed by atoms with Gasteiger partial charge in [-0.25, -0.2) is 0 Å². The summed E-state index contributed by atoms with van der Waals surface area (Å²) in [6.45, 7) is 5.71. The first-order chi connectivity index (χ1) is 15.5. The van der Waals surface area contributed by atoms with Crippen molar-refractivity contribution in [2.45, 2.75) is 13.3 Å². The number of hydrogen-bond acceptors (Lipinski definition) is 7. The van der Waals surface area contributed by atoms with Crippen LogP contribution in [-0.2, 0) is 4.79 Å². The van der Waals surface area contributed by atoms with Crippen molar-refractivity contribution in [2.24, 2.45) is 4.99 Å². The molecule has 32 heavy (non-hydrogen) atoms. The number of ether oxygens (including phenoxy) is 1. The highest BCUT2D eigenvalue weighted by Crippen LogP contribution is 2.31. The molecule has 0 unspecified atom stereocenters. The Balaban J connectivity index is 1.34. The van der Waals surface area contributed by atoms with Crippen LogP contribution < -0.4 is 9.64 Å². The number of anilines is 1. The largest absolute Gasteiger partial charge is 0.494 e. The normalized spacial score (nSPS) is 17.6. The fourth-order valence-electron chi connectivity index (χ4n) is 3.51. The second kappa shape index (κ2) is 9.86. The maximum absolute atomic E-state index is 12.4. The van der Waals surface area contributed by atoms with Crippen molar-refractivity contribution in [1.29, 1.82) is 0 Å². The molecule has 1 fully saturated rings. The predicted octanol–water partition coefficient (Wildman–Crippen LogP) is 4.18. The number of carbonyl (C=O) groups is 1. The minimum atomic E-state index is -0.395. The molecule has 0 N–H and O–H groups in total. The molecule has 0 bridgehead atoms. The van der Waals surface area contributed by atoms with E-state index in [0.717, 1.165) is 54.8 Å². The summed E-state index contributed by atoms with van der Waals surface area (Å²) in [6.07, 6.45) is 2.82. The number of aliphatic imine (C=N–C) groups is 1. The Kier molecular flexibility index (Phi) is 6.75. The van der Waals surface area contributed by atoms with E-state index in [0.29, 0.717) is 11.5 Å². The summed E-state index contributed by atoms with van der Waals surface area (Å²) in [5.74, 6) is 0.608. The molecule has 2 aromatic carbocycles. The summed E-state index contributed by atoms with van der Waals surface area (Å²) in [6, 6.07) is 14.3. The van der Waals surface area contributed by atoms with Gasteiger partial charge in [-0.1, -0.05) is 19.1 Å². The first kappa shape index (κ1) is 21.9. The molecule has 2 aromatic rings. The smallest absolute Gasteiger partial charge is 0.286 e. The molecule has 0 aliphatic carbocycles. The Morgan fingerprint density at radius 1 is 1.06 bits per heavy atom. The van der Waals surface area contributed by atoms with Crippen LogP contribution in [0.4, 0.5) is 11.4 Å². The van der Waals surface area contributed by atoms with Crippen molar-refractivity contribution in [3.05, 3.63) is 69.1 Å². The molecule has 2 aliphatic heterocycles. The number of nitrogens with zero attached hydrogens (tertiary/aromatic N) is 4. The van der Waals surface area contributed by atoms with E-state index in [1.807, 2.05) is 30.3 Å². The third-order valence-electron chi connectivity index (χ3n) is 5.24. The summed E-state index contributed by atoms with van der Waals surface area (Å²) < 4.78 is 5.60. The maximum Gasteiger partial charge on any atom is 0.286 e. The van der Waals surface area contributed by atoms with Crippen LogP contribution in [0, 0.1) is 10.1 Å². The molecular formula is C23H24N4O4S. The van der Waals surface area contributed by atoms with Crippen LogP contribution in [0.15, 0.2) is 58.4 Å². The monoisotopic (exact) mass is 452 g/mol. The van der Waals surface area contributed by atoms with Crippen LogP contribution in [0.2, 0.25) is 0 Å². The van der Waals surface area contributed by atoms with Gasteiger partial charge in [-0.05, 0) is 54.1 Å². The van der Waals surface area contributed by atoms with Gasteiger partial charge in [-0.3, -0.25) is 14.9 Å². The van der Waals surface area contributed by atoms with Crippen molar-refractivity contribution in [3.63, 3.8) is 0 Å². The minimum absolute atomic E-state index is 0.0880. The third-order valence-corrected chi connectivity index (χ3v) is 6.28. The van der Waals surface area contributed by atoms with Crippen LogP contribution in [0.3, 0.4) is 0 Å². The lowest BCUT2D eigenvalue weighted by molar-refractivity contribution is -0.384. The first-order valence-electron chi connectivity index (χ1n) is 10.5. The fraction of sp³-hybridized carbons (Fsp3) is 0.304. The number of piperazine rings is 1. The minimum Gasteiger partial charge on any atom is -0.494 e. The van der Waals surface area contributed by atoms with Crippen molar-refractivity contribution in [3.8, 4) is 5.75 Å². The molecule has 0 aromatic heterocycles. The van der Waals surface area contributed by atoms with E-state index in [9.17, 15) is 14.9 Å². The lowest BCUT2D eigenvalue weighted by Crippen LogP contribution is -2.47. The Hall–Kier alpha value is -3.33. The predicted molar refractivity (Wildman–Crippen MR) is 127 cm³/mol. The Labute approximate surface area is 190 Å². The Bertz CT molecular complexity index is 1040. The molecule has 1 amide bonds. The molecule has 0 atom stereocenters. The second-order valence-corrected chi connectivity index (χ2v) is 8.48. The number of nitro groups is 1. The van der Waals surface area contributed by atoms with Gasteiger partial charge in [0, 0.05) is 44.0 Å². The van der Waals surface area contributed by atoms with Gasteiger partial charge in [0.1, 0.15) is 5.75 Å². The summed E-state index contributed by atoms with van der Waals surface area (Å²) in [7, 11) is 0. The Morgan fingerprint density at radius 2 is 1.72 bits per heavy atom. The standard InChI is InChI=1S/C23H24N4O4S/c1-2-15-31-20-9-3-17(4-10-20)16-21-22(28)24-23(32-21)26-13-11-25(12-14-26)18-5-7-19(8-6-18)27(29)30/h3-10,16H,2,11-15H2,1H3. The number of benzene rings is 2. The zero-order valence-corrected chi connectivity index (χ0v) is 18.6. The van der Waals surface area contributed by atoms with Crippen LogP contribution in [0.25, 0.3) is 6.08 Å². The van der Waals surface area contributed by atoms with Crippen molar-refractivity contribution in [1.82, 2.24) is 4.90 Å². The van der Waals surface area contributed by atoms with Crippen LogP contribution in [-0.4, -0.2) is 53.7 Å². The SMILES string of the molecule is CCCOc1ccc(C=C2SC(N3CCN(c4ccc([N+](=O)[O-])cc4)CC3)=NC2=O)cc1. The molecule has 2 aliphatic rings. The van der Waals surface area contributed by atoms with Gasteiger partial charge in [-0.15, -0.1) is 0 Å². The highest BCUT2D eigenvalue weighted by atomic mass is 32.2. The van der Waals surface area contributed by atoms with E-state index in [-0.39, 0.29) is 11.6 Å². The van der Waals surface area contributed by atoms with E-state index in [1.54, 1.807) is 12.1 Å². The topological polar surface area (TPSA) is 88.3 Å². The average molecular weight is 453 g/mol. The molecule has 4 rings (SSSR count). The number of amides is 1. The van der Waals surface area contributed by atoms with Gasteiger partial charge in [-0.2, -0.15) is 4.99 Å². The van der Waals surface area contributed by atoms with Crippen LogP contribution >= 0.6 is 11.8 Å². The molecule has 0 radical (unpaired) electrons. The van der Waals surface area contributed by atoms with Gasteiger partial charge >= 0.3 is 0 Å². The molecule has 0 spiro atoms. The van der Waals surface area contributed by atoms with E-state index in [2.05, 4.69) is 21.7 Å². The molecule has 166 valence electrons. The lowest BCUT2D eigenvalue weighted by Gasteiger charge is -2.36. The maximum atomic E-state index is 12.4. The van der Waals surface area contributed by atoms with Gasteiger partial charge in [0.05, 0.1) is 16.4 Å². The van der Waals surface area contributed by atoms with Gasteiger partial charge in [0.15, 0.2) is 5.17 Å². The molecule has 0 saturated carbocycles.